The summed E-state index contributed by atoms with van der Waals surface area (Å²) in [5.41, 5.74) is 2.70. The molecule has 0 unspecified atom stereocenters. The molecule has 1 aromatic carbocycles. The van der Waals surface area contributed by atoms with E-state index in [0.29, 0.717) is 11.9 Å². The maximum Gasteiger partial charge on any atom is 0.148 e. The highest BCUT2D eigenvalue weighted by atomic mass is 35.5. The predicted molar refractivity (Wildman–Crippen MR) is 78.6 cm³/mol. The van der Waals surface area contributed by atoms with Crippen LogP contribution in [0, 0.1) is 6.92 Å². The second-order valence-corrected chi connectivity index (χ2v) is 5.32. The zero-order valence-electron chi connectivity index (χ0n) is 11.7. The van der Waals surface area contributed by atoms with Gasteiger partial charge in [-0.05, 0) is 38.3 Å². The Balaban J connectivity index is 2.16. The van der Waals surface area contributed by atoms with Gasteiger partial charge >= 0.3 is 0 Å². The molecule has 0 spiro atoms. The average Bonchev–Trinajstić information content (AvgIpc) is 2.81. The minimum absolute atomic E-state index is 0.343. The van der Waals surface area contributed by atoms with Crippen LogP contribution in [0.3, 0.4) is 0 Å². The van der Waals surface area contributed by atoms with E-state index in [1.54, 1.807) is 0 Å². The first-order valence-electron chi connectivity index (χ1n) is 6.66. The van der Waals surface area contributed by atoms with Crippen LogP contribution in [0.25, 0.3) is 0 Å². The lowest BCUT2D eigenvalue weighted by Gasteiger charge is -2.13. The number of aromatic nitrogens is 3. The highest BCUT2D eigenvalue weighted by Gasteiger charge is 2.13. The molecule has 0 N–H and O–H groups in total. The van der Waals surface area contributed by atoms with E-state index in [2.05, 4.69) is 59.8 Å². The number of nitrogens with zero attached hydrogens (tertiary/aromatic N) is 3. The molecule has 0 aliphatic rings. The lowest BCUT2D eigenvalue weighted by Crippen LogP contribution is -2.10. The first-order valence-corrected chi connectivity index (χ1v) is 7.20. The molecule has 3 nitrogen and oxygen atoms in total. The molecule has 102 valence electrons. The maximum atomic E-state index is 5.91. The summed E-state index contributed by atoms with van der Waals surface area (Å²) in [6.07, 6.45) is 1.88. The summed E-state index contributed by atoms with van der Waals surface area (Å²) < 4.78 is 2.14. The van der Waals surface area contributed by atoms with Gasteiger partial charge in [0, 0.05) is 12.5 Å². The molecule has 0 amide bonds. The van der Waals surface area contributed by atoms with Crippen LogP contribution in [0.5, 0.6) is 0 Å². The summed E-state index contributed by atoms with van der Waals surface area (Å²) in [6, 6.07) is 8.82. The molecule has 2 aromatic rings. The molecule has 2 rings (SSSR count). The molecule has 1 aromatic heterocycles. The molecule has 1 heterocycles. The Labute approximate surface area is 119 Å². The SMILES string of the molecule is Cc1ccccc1CCc1nnc(CCl)n1C(C)C. The Morgan fingerprint density at radius 2 is 1.79 bits per heavy atom. The lowest BCUT2D eigenvalue weighted by molar-refractivity contribution is 0.550. The van der Waals surface area contributed by atoms with Gasteiger partial charge in [-0.25, -0.2) is 0 Å². The normalized spacial score (nSPS) is 11.2. The van der Waals surface area contributed by atoms with E-state index in [-0.39, 0.29) is 0 Å². The van der Waals surface area contributed by atoms with Gasteiger partial charge in [-0.15, -0.1) is 21.8 Å². The van der Waals surface area contributed by atoms with Gasteiger partial charge < -0.3 is 4.57 Å². The van der Waals surface area contributed by atoms with Crippen molar-refractivity contribution in [3.63, 3.8) is 0 Å². The Morgan fingerprint density at radius 3 is 2.42 bits per heavy atom. The van der Waals surface area contributed by atoms with Crippen LogP contribution in [0.15, 0.2) is 24.3 Å². The zero-order valence-corrected chi connectivity index (χ0v) is 12.5. The minimum Gasteiger partial charge on any atom is -0.311 e. The molecule has 0 fully saturated rings. The van der Waals surface area contributed by atoms with Crippen molar-refractivity contribution in [1.82, 2.24) is 14.8 Å². The van der Waals surface area contributed by atoms with Crippen LogP contribution < -0.4 is 0 Å². The van der Waals surface area contributed by atoms with E-state index >= 15 is 0 Å². The van der Waals surface area contributed by atoms with Crippen molar-refractivity contribution in [2.24, 2.45) is 0 Å². The highest BCUT2D eigenvalue weighted by molar-refractivity contribution is 6.16. The number of aryl methyl sites for hydroxylation is 3. The number of benzene rings is 1. The van der Waals surface area contributed by atoms with Gasteiger partial charge in [0.25, 0.3) is 0 Å². The van der Waals surface area contributed by atoms with Crippen LogP contribution in [0.2, 0.25) is 0 Å². The van der Waals surface area contributed by atoms with Crippen molar-refractivity contribution >= 4 is 11.6 Å². The third-order valence-corrected chi connectivity index (χ3v) is 3.59. The summed E-state index contributed by atoms with van der Waals surface area (Å²) in [5, 5.41) is 8.45. The Morgan fingerprint density at radius 1 is 1.11 bits per heavy atom. The Hall–Kier alpha value is -1.35. The third-order valence-electron chi connectivity index (χ3n) is 3.35. The molecule has 19 heavy (non-hydrogen) atoms. The standard InChI is InChI=1S/C15H20ClN3/c1-11(2)19-14(17-18-15(19)10-16)9-8-13-7-5-4-6-12(13)3/h4-7,11H,8-10H2,1-3H3. The molecule has 0 aliphatic carbocycles. The van der Waals surface area contributed by atoms with Gasteiger partial charge in [-0.2, -0.15) is 0 Å². The maximum absolute atomic E-state index is 5.91. The van der Waals surface area contributed by atoms with Gasteiger partial charge in [-0.1, -0.05) is 24.3 Å². The zero-order chi connectivity index (χ0) is 13.8. The highest BCUT2D eigenvalue weighted by Crippen LogP contribution is 2.16. The molecule has 0 aliphatic heterocycles. The number of rotatable bonds is 5. The van der Waals surface area contributed by atoms with E-state index in [1.165, 1.54) is 11.1 Å². The summed E-state index contributed by atoms with van der Waals surface area (Å²) in [5.74, 6) is 2.29. The van der Waals surface area contributed by atoms with Crippen molar-refractivity contribution in [2.75, 3.05) is 0 Å². The van der Waals surface area contributed by atoms with Crippen molar-refractivity contribution in [3.8, 4) is 0 Å². The molecule has 0 radical (unpaired) electrons. The topological polar surface area (TPSA) is 30.7 Å². The predicted octanol–water partition coefficient (Wildman–Crippen LogP) is 3.69. The van der Waals surface area contributed by atoms with Crippen LogP contribution in [-0.4, -0.2) is 14.8 Å². The summed E-state index contributed by atoms with van der Waals surface area (Å²) in [6.45, 7) is 6.42. The van der Waals surface area contributed by atoms with Crippen molar-refractivity contribution in [3.05, 3.63) is 47.0 Å². The van der Waals surface area contributed by atoms with Crippen LogP contribution in [0.1, 0.15) is 42.7 Å². The fourth-order valence-corrected chi connectivity index (χ4v) is 2.54. The van der Waals surface area contributed by atoms with Gasteiger partial charge in [-0.3, -0.25) is 0 Å². The fraction of sp³-hybridized carbons (Fsp3) is 0.467. The number of alkyl halides is 1. The third kappa shape index (κ3) is 3.16. The van der Waals surface area contributed by atoms with Crippen LogP contribution >= 0.6 is 11.6 Å². The monoisotopic (exact) mass is 277 g/mol. The second kappa shape index (κ2) is 6.20. The molecule has 4 heteroatoms. The molecule has 0 saturated heterocycles. The van der Waals surface area contributed by atoms with Gasteiger partial charge in [0.15, 0.2) is 0 Å². The van der Waals surface area contributed by atoms with Crippen molar-refractivity contribution in [1.29, 1.82) is 0 Å². The van der Waals surface area contributed by atoms with Gasteiger partial charge in [0.2, 0.25) is 0 Å². The first kappa shape index (κ1) is 14.1. The quantitative estimate of drug-likeness (QED) is 0.781. The lowest BCUT2D eigenvalue weighted by atomic mass is 10.0. The number of hydrogen-bond acceptors (Lipinski definition) is 2. The molecule has 0 bridgehead atoms. The van der Waals surface area contributed by atoms with Crippen LogP contribution in [-0.2, 0) is 18.7 Å². The fourth-order valence-electron chi connectivity index (χ4n) is 2.36. The van der Waals surface area contributed by atoms with E-state index in [9.17, 15) is 0 Å². The molecular weight excluding hydrogens is 258 g/mol. The smallest absolute Gasteiger partial charge is 0.148 e. The van der Waals surface area contributed by atoms with Gasteiger partial charge in [0.1, 0.15) is 11.6 Å². The van der Waals surface area contributed by atoms with Crippen molar-refractivity contribution in [2.45, 2.75) is 45.5 Å². The second-order valence-electron chi connectivity index (χ2n) is 5.06. The summed E-state index contributed by atoms with van der Waals surface area (Å²) in [7, 11) is 0. The van der Waals surface area contributed by atoms with E-state index in [0.717, 1.165) is 24.5 Å². The van der Waals surface area contributed by atoms with E-state index in [1.807, 2.05) is 0 Å². The molecular formula is C15H20ClN3. The van der Waals surface area contributed by atoms with Gasteiger partial charge in [0.05, 0.1) is 5.88 Å². The Kier molecular flexibility index (Phi) is 4.59. The first-order chi connectivity index (χ1) is 9.13. The molecule has 0 atom stereocenters. The molecule has 0 saturated carbocycles. The van der Waals surface area contributed by atoms with E-state index < -0.39 is 0 Å². The van der Waals surface area contributed by atoms with Crippen molar-refractivity contribution < 1.29 is 0 Å². The number of hydrogen-bond donors (Lipinski definition) is 0. The largest absolute Gasteiger partial charge is 0.311 e. The number of halogens is 1. The van der Waals surface area contributed by atoms with E-state index in [4.69, 9.17) is 11.6 Å². The summed E-state index contributed by atoms with van der Waals surface area (Å²) in [4.78, 5) is 0. The summed E-state index contributed by atoms with van der Waals surface area (Å²) >= 11 is 5.91. The van der Waals surface area contributed by atoms with Crippen LogP contribution in [0.4, 0.5) is 0 Å². The minimum atomic E-state index is 0.343. The average molecular weight is 278 g/mol. The Bertz CT molecular complexity index is 546.